The van der Waals surface area contributed by atoms with E-state index in [0.717, 1.165) is 17.6 Å². The second-order valence-corrected chi connectivity index (χ2v) is 12.2. The van der Waals surface area contributed by atoms with Gasteiger partial charge in [-0.3, -0.25) is 0 Å². The Morgan fingerprint density at radius 3 is 1.15 bits per heavy atom. The zero-order valence-electron chi connectivity index (χ0n) is 24.5. The Morgan fingerprint density at radius 1 is 0.559 bits per heavy atom. The van der Waals surface area contributed by atoms with Gasteiger partial charge in [0, 0.05) is 0 Å². The molecule has 0 bridgehead atoms. The molecule has 0 saturated carbocycles. The first-order chi connectivity index (χ1) is 16.2. The molecule has 0 radical (unpaired) electrons. The molecule has 0 aromatic carbocycles. The van der Waals surface area contributed by atoms with Crippen molar-refractivity contribution in [1.29, 1.82) is 0 Å². The summed E-state index contributed by atoms with van der Waals surface area (Å²) in [5.41, 5.74) is -0.393. The summed E-state index contributed by atoms with van der Waals surface area (Å²) in [4.78, 5) is 12.6. The van der Waals surface area contributed by atoms with Crippen LogP contribution in [0, 0.1) is 0 Å². The van der Waals surface area contributed by atoms with E-state index < -0.39 is 5.60 Å². The maximum atomic E-state index is 12.6. The van der Waals surface area contributed by atoms with Crippen molar-refractivity contribution in [2.45, 2.75) is 169 Å². The van der Waals surface area contributed by atoms with E-state index in [9.17, 15) is 4.79 Å². The Kier molecular flexibility index (Phi) is 21.3. The summed E-state index contributed by atoms with van der Waals surface area (Å²) in [6, 6.07) is 0. The molecule has 0 N–H and O–H groups in total. The van der Waals surface area contributed by atoms with E-state index in [2.05, 4.69) is 20.9 Å². The van der Waals surface area contributed by atoms with E-state index in [1.807, 2.05) is 20.8 Å². The Morgan fingerprint density at radius 2 is 0.853 bits per heavy atom. The minimum Gasteiger partial charge on any atom is -0.456 e. The molecule has 0 heterocycles. The van der Waals surface area contributed by atoms with Crippen molar-refractivity contribution in [2.24, 2.45) is 0 Å². The first-order valence-corrected chi connectivity index (χ1v) is 15.3. The lowest BCUT2D eigenvalue weighted by Gasteiger charge is -2.35. The number of hydrogen-bond acceptors (Lipinski definition) is 2. The first-order valence-electron chi connectivity index (χ1n) is 15.3. The molecule has 0 spiro atoms. The lowest BCUT2D eigenvalue weighted by atomic mass is 10.1. The number of esters is 1. The minimum atomic E-state index is -0.393. The number of hydrogen-bond donors (Lipinski definition) is 0. The Balaban J connectivity index is 4.19. The molecule has 204 valence electrons. The lowest BCUT2D eigenvalue weighted by Crippen LogP contribution is -2.50. The molecule has 0 aliphatic rings. The first kappa shape index (κ1) is 33.4. The molecule has 0 aromatic rings. The summed E-state index contributed by atoms with van der Waals surface area (Å²) < 4.78 is 6.53. The summed E-state index contributed by atoms with van der Waals surface area (Å²) in [5, 5.41) is 0. The molecule has 0 aliphatic heterocycles. The van der Waals surface area contributed by atoms with Crippen molar-refractivity contribution in [3.63, 3.8) is 0 Å². The highest BCUT2D eigenvalue weighted by Gasteiger charge is 2.28. The fourth-order valence-corrected chi connectivity index (χ4v) is 4.92. The van der Waals surface area contributed by atoms with Crippen molar-refractivity contribution in [1.82, 2.24) is 0 Å². The van der Waals surface area contributed by atoms with Gasteiger partial charge in [-0.05, 0) is 46.5 Å². The third kappa shape index (κ3) is 23.2. The lowest BCUT2D eigenvalue weighted by molar-refractivity contribution is -0.903. The molecule has 0 aliphatic carbocycles. The van der Waals surface area contributed by atoms with Crippen LogP contribution in [-0.4, -0.2) is 42.7 Å². The molecule has 3 nitrogen and oxygen atoms in total. The van der Waals surface area contributed by atoms with Crippen molar-refractivity contribution >= 4 is 5.97 Å². The number of carbonyl (C=O) groups is 1. The standard InChI is InChI=1S/C31H64NO2/c1-7-9-11-13-15-17-19-21-23-25-27-32(6,29-30(33)34-31(3,4)5)28-26-24-22-20-18-16-14-12-10-8-2/h7-29H2,1-6H3/q+1. The summed E-state index contributed by atoms with van der Waals surface area (Å²) in [5.74, 6) is -0.0332. The Bertz CT molecular complexity index is 431. The summed E-state index contributed by atoms with van der Waals surface area (Å²) in [6.45, 7) is 13.2. The summed E-state index contributed by atoms with van der Waals surface area (Å²) >= 11 is 0. The third-order valence-corrected chi connectivity index (χ3v) is 7.03. The van der Waals surface area contributed by atoms with Crippen molar-refractivity contribution in [3.05, 3.63) is 0 Å². The summed E-state index contributed by atoms with van der Waals surface area (Å²) in [6.07, 6.45) is 27.2. The Labute approximate surface area is 215 Å². The van der Waals surface area contributed by atoms with Gasteiger partial charge in [-0.2, -0.15) is 0 Å². The summed E-state index contributed by atoms with van der Waals surface area (Å²) in [7, 11) is 2.28. The van der Waals surface area contributed by atoms with Crippen LogP contribution in [0.15, 0.2) is 0 Å². The smallest absolute Gasteiger partial charge is 0.362 e. The van der Waals surface area contributed by atoms with Gasteiger partial charge in [-0.15, -0.1) is 0 Å². The maximum absolute atomic E-state index is 12.6. The average Bonchev–Trinajstić information content (AvgIpc) is 2.75. The second kappa shape index (κ2) is 21.7. The highest BCUT2D eigenvalue weighted by molar-refractivity contribution is 5.71. The van der Waals surface area contributed by atoms with Crippen LogP contribution in [0.2, 0.25) is 0 Å². The third-order valence-electron chi connectivity index (χ3n) is 7.03. The molecular weight excluding hydrogens is 418 g/mol. The van der Waals surface area contributed by atoms with Crippen LogP contribution < -0.4 is 0 Å². The fraction of sp³-hybridized carbons (Fsp3) is 0.968. The van der Waals surface area contributed by atoms with Crippen LogP contribution in [0.3, 0.4) is 0 Å². The van der Waals surface area contributed by atoms with E-state index in [-0.39, 0.29) is 5.97 Å². The largest absolute Gasteiger partial charge is 0.456 e. The topological polar surface area (TPSA) is 26.3 Å². The van der Waals surface area contributed by atoms with Gasteiger partial charge in [-0.1, -0.05) is 117 Å². The average molecular weight is 483 g/mol. The van der Waals surface area contributed by atoms with Gasteiger partial charge in [0.05, 0.1) is 20.1 Å². The predicted octanol–water partition coefficient (Wildman–Crippen LogP) is 9.62. The maximum Gasteiger partial charge on any atom is 0.362 e. The molecule has 0 amide bonds. The monoisotopic (exact) mass is 482 g/mol. The number of nitrogens with zero attached hydrogens (tertiary/aromatic N) is 1. The predicted molar refractivity (Wildman–Crippen MR) is 150 cm³/mol. The van der Waals surface area contributed by atoms with Crippen molar-refractivity contribution in [3.8, 4) is 0 Å². The quantitative estimate of drug-likeness (QED) is 0.0777. The van der Waals surface area contributed by atoms with Gasteiger partial charge >= 0.3 is 5.97 Å². The second-order valence-electron chi connectivity index (χ2n) is 12.2. The fourth-order valence-electron chi connectivity index (χ4n) is 4.92. The van der Waals surface area contributed by atoms with Gasteiger partial charge in [0.25, 0.3) is 0 Å². The zero-order chi connectivity index (χ0) is 25.5. The molecule has 0 atom stereocenters. The molecule has 0 unspecified atom stereocenters. The molecule has 34 heavy (non-hydrogen) atoms. The van der Waals surface area contributed by atoms with Gasteiger partial charge in [0.2, 0.25) is 0 Å². The Hall–Kier alpha value is -0.570. The number of unbranched alkanes of at least 4 members (excludes halogenated alkanes) is 18. The normalized spacial score (nSPS) is 12.3. The van der Waals surface area contributed by atoms with E-state index in [1.165, 1.54) is 128 Å². The van der Waals surface area contributed by atoms with Gasteiger partial charge in [0.15, 0.2) is 6.54 Å². The van der Waals surface area contributed by atoms with Crippen LogP contribution in [0.1, 0.15) is 163 Å². The highest BCUT2D eigenvalue weighted by Crippen LogP contribution is 2.17. The van der Waals surface area contributed by atoms with Crippen LogP contribution in [0.25, 0.3) is 0 Å². The number of carbonyl (C=O) groups excluding carboxylic acids is 1. The van der Waals surface area contributed by atoms with Crippen LogP contribution in [0.5, 0.6) is 0 Å². The van der Waals surface area contributed by atoms with E-state index in [0.29, 0.717) is 6.54 Å². The van der Waals surface area contributed by atoms with Gasteiger partial charge in [-0.25, -0.2) is 4.79 Å². The van der Waals surface area contributed by atoms with E-state index >= 15 is 0 Å². The molecular formula is C31H64NO2+. The zero-order valence-corrected chi connectivity index (χ0v) is 24.5. The number of likely N-dealkylation sites (N-methyl/N-ethyl adjacent to an activating group) is 1. The minimum absolute atomic E-state index is 0.0332. The molecule has 0 rings (SSSR count). The van der Waals surface area contributed by atoms with Crippen LogP contribution in [-0.2, 0) is 9.53 Å². The molecule has 3 heteroatoms. The number of quaternary nitrogens is 1. The van der Waals surface area contributed by atoms with Crippen LogP contribution in [0.4, 0.5) is 0 Å². The highest BCUT2D eigenvalue weighted by atomic mass is 16.6. The van der Waals surface area contributed by atoms with Crippen molar-refractivity contribution < 1.29 is 14.0 Å². The molecule has 0 aromatic heterocycles. The number of rotatable bonds is 24. The van der Waals surface area contributed by atoms with Crippen molar-refractivity contribution in [2.75, 3.05) is 26.7 Å². The SMILES string of the molecule is CCCCCCCCCCCC[N+](C)(CCCCCCCCCCCC)CC(=O)OC(C)(C)C. The van der Waals surface area contributed by atoms with E-state index in [1.54, 1.807) is 0 Å². The number of ether oxygens (including phenoxy) is 1. The van der Waals surface area contributed by atoms with Gasteiger partial charge < -0.3 is 9.22 Å². The van der Waals surface area contributed by atoms with E-state index in [4.69, 9.17) is 4.74 Å². The van der Waals surface area contributed by atoms with Gasteiger partial charge in [0.1, 0.15) is 5.60 Å². The molecule has 0 fully saturated rings. The van der Waals surface area contributed by atoms with Crippen LogP contribution >= 0.6 is 0 Å². The molecule has 0 saturated heterocycles.